The predicted octanol–water partition coefficient (Wildman–Crippen LogP) is 1.89. The molecule has 148 valence electrons. The molecule has 0 radical (unpaired) electrons. The van der Waals surface area contributed by atoms with Crippen LogP contribution in [0.5, 0.6) is 5.75 Å². The second-order valence-electron chi connectivity index (χ2n) is 6.41. The van der Waals surface area contributed by atoms with E-state index in [1.165, 1.54) is 0 Å². The summed E-state index contributed by atoms with van der Waals surface area (Å²) in [4.78, 5) is 21.2. The number of aliphatic hydroxyl groups is 1. The number of nitrogens with two attached hydrogens (primary N) is 1. The molecular weight excluding hydrogens is 340 g/mol. The van der Waals surface area contributed by atoms with Gasteiger partial charge in [0.2, 0.25) is 0 Å². The summed E-state index contributed by atoms with van der Waals surface area (Å²) < 4.78 is 9.92. The van der Waals surface area contributed by atoms with Crippen molar-refractivity contribution in [1.82, 2.24) is 5.32 Å². The molecular formula is C18H30N2O6. The normalized spacial score (nSPS) is 10.3. The number of carbonyl (C=O) groups excluding carboxylic acids is 1. The predicted molar refractivity (Wildman–Crippen MR) is 98.0 cm³/mol. The van der Waals surface area contributed by atoms with E-state index in [4.69, 9.17) is 25.4 Å². The van der Waals surface area contributed by atoms with E-state index in [1.807, 2.05) is 20.8 Å². The molecule has 1 aromatic carbocycles. The number of carboxylic acid groups (broad SMARTS) is 1. The van der Waals surface area contributed by atoms with Gasteiger partial charge in [-0.15, -0.1) is 0 Å². The summed E-state index contributed by atoms with van der Waals surface area (Å²) in [7, 11) is 0. The first-order valence-electron chi connectivity index (χ1n) is 8.39. The highest BCUT2D eigenvalue weighted by Crippen LogP contribution is 2.11. The van der Waals surface area contributed by atoms with Gasteiger partial charge in [0.05, 0.1) is 6.61 Å². The molecule has 8 heteroatoms. The topological polar surface area (TPSA) is 131 Å². The quantitative estimate of drug-likeness (QED) is 0.514. The van der Waals surface area contributed by atoms with Crippen molar-refractivity contribution in [2.75, 3.05) is 19.7 Å². The number of aliphatic carboxylic acids is 1. The molecule has 0 aromatic heterocycles. The largest absolute Gasteiger partial charge is 0.482 e. The van der Waals surface area contributed by atoms with E-state index in [-0.39, 0.29) is 19.3 Å². The number of nitrogens with one attached hydrogen (secondary N) is 1. The Balaban J connectivity index is 0.000000481. The summed E-state index contributed by atoms with van der Waals surface area (Å²) in [5.41, 5.74) is 5.65. The summed E-state index contributed by atoms with van der Waals surface area (Å²) in [5, 5.41) is 19.7. The third-order valence-corrected chi connectivity index (χ3v) is 2.77. The number of ether oxygens (including phenoxy) is 2. The zero-order valence-corrected chi connectivity index (χ0v) is 15.7. The molecule has 0 heterocycles. The smallest absolute Gasteiger partial charge is 0.407 e. The third kappa shape index (κ3) is 14.1. The fourth-order valence-corrected chi connectivity index (χ4v) is 1.61. The highest BCUT2D eigenvalue weighted by atomic mass is 16.6. The number of alkyl carbamates (subject to hydrolysis) is 1. The summed E-state index contributed by atoms with van der Waals surface area (Å²) in [6.45, 7) is 6.44. The number of rotatable bonds is 8. The van der Waals surface area contributed by atoms with Crippen LogP contribution < -0.4 is 15.8 Å². The lowest BCUT2D eigenvalue weighted by molar-refractivity contribution is -0.139. The summed E-state index contributed by atoms with van der Waals surface area (Å²) in [6.07, 6.45) is 1.47. The van der Waals surface area contributed by atoms with E-state index in [0.29, 0.717) is 18.8 Å². The Labute approximate surface area is 154 Å². The van der Waals surface area contributed by atoms with Crippen LogP contribution in [0.4, 0.5) is 4.79 Å². The van der Waals surface area contributed by atoms with Crippen LogP contribution in [0.15, 0.2) is 24.3 Å². The van der Waals surface area contributed by atoms with Crippen LogP contribution in [-0.4, -0.2) is 47.6 Å². The fraction of sp³-hybridized carbons (Fsp3) is 0.556. The molecule has 0 aliphatic heterocycles. The Bertz CT molecular complexity index is 525. The van der Waals surface area contributed by atoms with Gasteiger partial charge in [0.25, 0.3) is 0 Å². The van der Waals surface area contributed by atoms with Crippen molar-refractivity contribution in [2.45, 2.75) is 45.8 Å². The minimum atomic E-state index is -1.01. The minimum Gasteiger partial charge on any atom is -0.482 e. The monoisotopic (exact) mass is 370 g/mol. The van der Waals surface area contributed by atoms with Gasteiger partial charge >= 0.3 is 12.1 Å². The number of benzene rings is 1. The number of hydrogen-bond acceptors (Lipinski definition) is 6. The summed E-state index contributed by atoms with van der Waals surface area (Å²) in [6, 6.07) is 6.59. The van der Waals surface area contributed by atoms with Crippen molar-refractivity contribution >= 4 is 12.1 Å². The van der Waals surface area contributed by atoms with E-state index in [0.717, 1.165) is 18.4 Å². The first-order chi connectivity index (χ1) is 12.2. The first kappa shape index (κ1) is 23.7. The number of unbranched alkanes of at least 4 members (excludes halogenated alkanes) is 1. The van der Waals surface area contributed by atoms with E-state index < -0.39 is 11.6 Å². The Hall–Kier alpha value is -2.32. The molecule has 0 bridgehead atoms. The zero-order valence-electron chi connectivity index (χ0n) is 15.7. The average molecular weight is 370 g/mol. The van der Waals surface area contributed by atoms with Crippen molar-refractivity contribution < 1.29 is 29.3 Å². The summed E-state index contributed by atoms with van der Waals surface area (Å²) in [5.74, 6) is -0.522. The lowest BCUT2D eigenvalue weighted by Gasteiger charge is -2.19. The number of amides is 1. The molecule has 8 nitrogen and oxygen atoms in total. The van der Waals surface area contributed by atoms with Crippen LogP contribution in [0.3, 0.4) is 0 Å². The van der Waals surface area contributed by atoms with Gasteiger partial charge in [0, 0.05) is 6.54 Å². The van der Waals surface area contributed by atoms with Crippen LogP contribution in [0.1, 0.15) is 39.2 Å². The molecule has 1 aromatic rings. The molecule has 0 unspecified atom stereocenters. The standard InChI is InChI=1S/C9H20N2O2.C9H10O4/c1-9(2,3)13-8(12)11-7-5-4-6-10;10-5-7-1-3-8(4-2-7)13-6-9(11)12/h4-7,10H2,1-3H3,(H,11,12);1-4,10H,5-6H2,(H,11,12). The van der Waals surface area contributed by atoms with Crippen LogP contribution in [0.25, 0.3) is 0 Å². The zero-order chi connectivity index (χ0) is 20.0. The fourth-order valence-electron chi connectivity index (χ4n) is 1.61. The van der Waals surface area contributed by atoms with E-state index >= 15 is 0 Å². The molecule has 0 spiro atoms. The maximum Gasteiger partial charge on any atom is 0.407 e. The molecule has 1 rings (SSSR count). The number of carboxylic acids is 1. The van der Waals surface area contributed by atoms with Gasteiger partial charge in [-0.3, -0.25) is 0 Å². The Morgan fingerprint density at radius 3 is 2.23 bits per heavy atom. The van der Waals surface area contributed by atoms with Crippen molar-refractivity contribution in [2.24, 2.45) is 5.73 Å². The highest BCUT2D eigenvalue weighted by Gasteiger charge is 2.15. The van der Waals surface area contributed by atoms with E-state index in [1.54, 1.807) is 24.3 Å². The molecule has 0 fully saturated rings. The van der Waals surface area contributed by atoms with Gasteiger partial charge in [0.15, 0.2) is 6.61 Å². The maximum atomic E-state index is 11.1. The van der Waals surface area contributed by atoms with Crippen molar-refractivity contribution in [3.05, 3.63) is 29.8 Å². The van der Waals surface area contributed by atoms with Gasteiger partial charge in [-0.05, 0) is 57.9 Å². The number of aliphatic hydroxyl groups excluding tert-OH is 1. The first-order valence-corrected chi connectivity index (χ1v) is 8.39. The lowest BCUT2D eigenvalue weighted by Crippen LogP contribution is -2.33. The Morgan fingerprint density at radius 2 is 1.77 bits per heavy atom. The maximum absolute atomic E-state index is 11.1. The van der Waals surface area contributed by atoms with Crippen molar-refractivity contribution in [3.63, 3.8) is 0 Å². The molecule has 1 amide bonds. The number of hydrogen-bond donors (Lipinski definition) is 4. The van der Waals surface area contributed by atoms with Crippen LogP contribution in [-0.2, 0) is 16.1 Å². The third-order valence-electron chi connectivity index (χ3n) is 2.77. The van der Waals surface area contributed by atoms with E-state index in [9.17, 15) is 9.59 Å². The van der Waals surface area contributed by atoms with Gasteiger partial charge < -0.3 is 30.7 Å². The van der Waals surface area contributed by atoms with Crippen LogP contribution in [0, 0.1) is 0 Å². The van der Waals surface area contributed by atoms with Gasteiger partial charge in [-0.2, -0.15) is 0 Å². The molecule has 26 heavy (non-hydrogen) atoms. The Morgan fingerprint density at radius 1 is 1.15 bits per heavy atom. The molecule has 0 aliphatic carbocycles. The van der Waals surface area contributed by atoms with Crippen LogP contribution in [0.2, 0.25) is 0 Å². The van der Waals surface area contributed by atoms with Gasteiger partial charge in [-0.1, -0.05) is 12.1 Å². The second-order valence-corrected chi connectivity index (χ2v) is 6.41. The summed E-state index contributed by atoms with van der Waals surface area (Å²) >= 11 is 0. The molecule has 0 saturated heterocycles. The highest BCUT2D eigenvalue weighted by molar-refractivity contribution is 5.68. The van der Waals surface area contributed by atoms with Crippen molar-refractivity contribution in [3.8, 4) is 5.75 Å². The lowest BCUT2D eigenvalue weighted by atomic mass is 10.2. The molecule has 0 atom stereocenters. The average Bonchev–Trinajstić information content (AvgIpc) is 2.56. The minimum absolute atomic E-state index is 0.0286. The molecule has 0 saturated carbocycles. The molecule has 5 N–H and O–H groups in total. The SMILES string of the molecule is CC(C)(C)OC(=O)NCCCCN.O=C(O)COc1ccc(CO)cc1. The van der Waals surface area contributed by atoms with E-state index in [2.05, 4.69) is 5.32 Å². The molecule has 0 aliphatic rings. The van der Waals surface area contributed by atoms with Crippen LogP contribution >= 0.6 is 0 Å². The van der Waals surface area contributed by atoms with Gasteiger partial charge in [0.1, 0.15) is 11.4 Å². The second kappa shape index (κ2) is 13.0. The van der Waals surface area contributed by atoms with Gasteiger partial charge in [-0.25, -0.2) is 9.59 Å². The number of carbonyl (C=O) groups is 2. The Kier molecular flexibility index (Phi) is 11.8. The van der Waals surface area contributed by atoms with Crippen molar-refractivity contribution in [1.29, 1.82) is 0 Å².